The zero-order valence-corrected chi connectivity index (χ0v) is 16.4. The van der Waals surface area contributed by atoms with Crippen molar-refractivity contribution >= 4 is 34.3 Å². The highest BCUT2D eigenvalue weighted by molar-refractivity contribution is 7.22. The molecule has 27 heavy (non-hydrogen) atoms. The molecule has 7 heteroatoms. The minimum absolute atomic E-state index is 0.123. The summed E-state index contributed by atoms with van der Waals surface area (Å²) in [7, 11) is 0. The van der Waals surface area contributed by atoms with E-state index in [-0.39, 0.29) is 12.0 Å². The number of benzene rings is 1. The summed E-state index contributed by atoms with van der Waals surface area (Å²) in [4.78, 5) is 18.6. The van der Waals surface area contributed by atoms with Gasteiger partial charge in [-0.1, -0.05) is 18.2 Å². The summed E-state index contributed by atoms with van der Waals surface area (Å²) >= 11 is 3.00. The number of hydrogen-bond acceptors (Lipinski definition) is 6. The van der Waals surface area contributed by atoms with Crippen LogP contribution in [-0.2, 0) is 4.74 Å². The lowest BCUT2D eigenvalue weighted by atomic mass is 10.1. The number of carbonyl (C=O) groups excluding carboxylic acids is 1. The molecule has 140 valence electrons. The Kier molecular flexibility index (Phi) is 5.81. The first kappa shape index (κ1) is 18.2. The molecule has 1 N–H and O–H groups in total. The van der Waals surface area contributed by atoms with E-state index in [4.69, 9.17) is 9.47 Å². The molecule has 1 aliphatic heterocycles. The normalized spacial score (nSPS) is 16.8. The van der Waals surface area contributed by atoms with E-state index in [0.29, 0.717) is 22.9 Å². The second-order valence-corrected chi connectivity index (χ2v) is 8.24. The fourth-order valence-electron chi connectivity index (χ4n) is 2.89. The Morgan fingerprint density at radius 2 is 2.19 bits per heavy atom. The van der Waals surface area contributed by atoms with E-state index >= 15 is 0 Å². The maximum absolute atomic E-state index is 12.6. The molecule has 0 spiro atoms. The van der Waals surface area contributed by atoms with Crippen LogP contribution in [0.1, 0.15) is 28.9 Å². The van der Waals surface area contributed by atoms with Crippen LogP contribution in [0.25, 0.3) is 9.88 Å². The van der Waals surface area contributed by atoms with Crippen LogP contribution in [-0.4, -0.2) is 30.2 Å². The molecule has 1 amide bonds. The van der Waals surface area contributed by atoms with Gasteiger partial charge in [0.1, 0.15) is 22.2 Å². The van der Waals surface area contributed by atoms with Crippen molar-refractivity contribution in [3.63, 3.8) is 0 Å². The van der Waals surface area contributed by atoms with Gasteiger partial charge >= 0.3 is 0 Å². The second-order valence-electron chi connectivity index (χ2n) is 6.26. The SMILES string of the molecule is O=C(Nc1ccccc1OCC1CCCCO1)c1cnc(-c2cccs2)s1. The molecule has 1 aliphatic rings. The number of hydrogen-bond donors (Lipinski definition) is 1. The Bertz CT molecular complexity index is 886. The lowest BCUT2D eigenvalue weighted by molar-refractivity contribution is -0.0109. The minimum Gasteiger partial charge on any atom is -0.489 e. The number of para-hydroxylation sites is 2. The number of aromatic nitrogens is 1. The lowest BCUT2D eigenvalue weighted by Gasteiger charge is -2.23. The molecule has 3 heterocycles. The Morgan fingerprint density at radius 1 is 1.26 bits per heavy atom. The highest BCUT2D eigenvalue weighted by atomic mass is 32.1. The molecule has 1 aromatic carbocycles. The van der Waals surface area contributed by atoms with Crippen LogP contribution in [0.2, 0.25) is 0 Å². The first-order valence-corrected chi connectivity index (χ1v) is 10.6. The summed E-state index contributed by atoms with van der Waals surface area (Å²) in [5.41, 5.74) is 0.657. The van der Waals surface area contributed by atoms with Gasteiger partial charge in [-0.05, 0) is 42.8 Å². The zero-order chi connectivity index (χ0) is 18.5. The number of thiophene rings is 1. The smallest absolute Gasteiger partial charge is 0.267 e. The molecule has 0 saturated carbocycles. The summed E-state index contributed by atoms with van der Waals surface area (Å²) < 4.78 is 11.6. The Balaban J connectivity index is 1.42. The third-order valence-corrected chi connectivity index (χ3v) is 6.33. The first-order chi connectivity index (χ1) is 13.3. The van der Waals surface area contributed by atoms with Crippen molar-refractivity contribution in [1.29, 1.82) is 0 Å². The number of nitrogens with zero attached hydrogens (tertiary/aromatic N) is 1. The largest absolute Gasteiger partial charge is 0.489 e. The average molecular weight is 401 g/mol. The van der Waals surface area contributed by atoms with Crippen molar-refractivity contribution in [3.05, 3.63) is 52.9 Å². The molecule has 3 aromatic rings. The highest BCUT2D eigenvalue weighted by Gasteiger charge is 2.17. The quantitative estimate of drug-likeness (QED) is 0.627. The van der Waals surface area contributed by atoms with Gasteiger partial charge in [0.15, 0.2) is 0 Å². The van der Waals surface area contributed by atoms with Gasteiger partial charge in [-0.2, -0.15) is 0 Å². The number of carbonyl (C=O) groups is 1. The third-order valence-electron chi connectivity index (χ3n) is 4.30. The third kappa shape index (κ3) is 4.55. The monoisotopic (exact) mass is 400 g/mol. The molecular formula is C20H20N2O3S2. The Labute approximate surface area is 166 Å². The van der Waals surface area contributed by atoms with Crippen molar-refractivity contribution in [2.75, 3.05) is 18.5 Å². The minimum atomic E-state index is -0.180. The molecule has 4 rings (SSSR count). The topological polar surface area (TPSA) is 60.5 Å². The van der Waals surface area contributed by atoms with Crippen LogP contribution in [0, 0.1) is 0 Å². The van der Waals surface area contributed by atoms with Crippen LogP contribution in [0.5, 0.6) is 5.75 Å². The van der Waals surface area contributed by atoms with E-state index in [1.54, 1.807) is 17.5 Å². The van der Waals surface area contributed by atoms with Gasteiger partial charge in [-0.25, -0.2) is 4.98 Å². The van der Waals surface area contributed by atoms with E-state index < -0.39 is 0 Å². The second kappa shape index (κ2) is 8.65. The summed E-state index contributed by atoms with van der Waals surface area (Å²) in [6, 6.07) is 11.5. The molecule has 1 saturated heterocycles. The number of nitrogens with one attached hydrogen (secondary N) is 1. The fraction of sp³-hybridized carbons (Fsp3) is 0.300. The van der Waals surface area contributed by atoms with Gasteiger partial charge in [-0.15, -0.1) is 22.7 Å². The van der Waals surface area contributed by atoms with Crippen molar-refractivity contribution in [3.8, 4) is 15.6 Å². The molecule has 0 radical (unpaired) electrons. The molecule has 0 bridgehead atoms. The van der Waals surface area contributed by atoms with Crippen LogP contribution >= 0.6 is 22.7 Å². The summed E-state index contributed by atoms with van der Waals surface area (Å²) in [5.74, 6) is 0.475. The van der Waals surface area contributed by atoms with Gasteiger partial charge in [0.25, 0.3) is 5.91 Å². The Hall–Kier alpha value is -2.22. The number of thiazole rings is 1. The van der Waals surface area contributed by atoms with E-state index in [1.165, 1.54) is 17.8 Å². The predicted octanol–water partition coefficient (Wildman–Crippen LogP) is 5.07. The fourth-order valence-corrected chi connectivity index (χ4v) is 4.51. The first-order valence-electron chi connectivity index (χ1n) is 8.94. The molecule has 5 nitrogen and oxygen atoms in total. The molecule has 1 atom stereocenters. The van der Waals surface area contributed by atoms with Crippen LogP contribution < -0.4 is 10.1 Å². The van der Waals surface area contributed by atoms with Crippen LogP contribution in [0.3, 0.4) is 0 Å². The van der Waals surface area contributed by atoms with E-state index in [2.05, 4.69) is 10.3 Å². The van der Waals surface area contributed by atoms with Crippen molar-refractivity contribution in [2.24, 2.45) is 0 Å². The summed E-state index contributed by atoms with van der Waals surface area (Å²) in [6.45, 7) is 1.29. The van der Waals surface area contributed by atoms with Gasteiger partial charge in [0.05, 0.1) is 22.9 Å². The average Bonchev–Trinajstić information content (AvgIpc) is 3.40. The van der Waals surface area contributed by atoms with Gasteiger partial charge < -0.3 is 14.8 Å². The van der Waals surface area contributed by atoms with E-state index in [9.17, 15) is 4.79 Å². The maximum Gasteiger partial charge on any atom is 0.267 e. The standard InChI is InChI=1S/C20H20N2O3S2/c23-19(18-12-21-20(27-18)17-9-5-11-26-17)22-15-7-1-2-8-16(15)25-13-14-6-3-4-10-24-14/h1-2,5,7-9,11-12,14H,3-4,6,10,13H2,(H,22,23). The molecule has 1 fully saturated rings. The van der Waals surface area contributed by atoms with Crippen molar-refractivity contribution < 1.29 is 14.3 Å². The number of amides is 1. The van der Waals surface area contributed by atoms with Gasteiger partial charge in [0.2, 0.25) is 0 Å². The molecule has 0 aliphatic carbocycles. The van der Waals surface area contributed by atoms with E-state index in [0.717, 1.165) is 29.3 Å². The number of ether oxygens (including phenoxy) is 2. The van der Waals surface area contributed by atoms with Gasteiger partial charge in [0, 0.05) is 6.61 Å². The number of rotatable bonds is 6. The highest BCUT2D eigenvalue weighted by Crippen LogP contribution is 2.30. The Morgan fingerprint density at radius 3 is 3.00 bits per heavy atom. The maximum atomic E-state index is 12.6. The summed E-state index contributed by atoms with van der Waals surface area (Å²) in [6.07, 6.45) is 5.04. The number of anilines is 1. The van der Waals surface area contributed by atoms with Crippen molar-refractivity contribution in [2.45, 2.75) is 25.4 Å². The van der Waals surface area contributed by atoms with Crippen LogP contribution in [0.4, 0.5) is 5.69 Å². The summed E-state index contributed by atoms with van der Waals surface area (Å²) in [5, 5.41) is 5.80. The molecular weight excluding hydrogens is 380 g/mol. The molecule has 2 aromatic heterocycles. The van der Waals surface area contributed by atoms with Gasteiger partial charge in [-0.3, -0.25) is 4.79 Å². The van der Waals surface area contributed by atoms with Crippen LogP contribution in [0.15, 0.2) is 48.0 Å². The zero-order valence-electron chi connectivity index (χ0n) is 14.7. The lowest BCUT2D eigenvalue weighted by Crippen LogP contribution is -2.26. The predicted molar refractivity (Wildman–Crippen MR) is 109 cm³/mol. The van der Waals surface area contributed by atoms with Crippen molar-refractivity contribution in [1.82, 2.24) is 4.98 Å². The van der Waals surface area contributed by atoms with E-state index in [1.807, 2.05) is 41.8 Å². The molecule has 1 unspecified atom stereocenters.